The lowest BCUT2D eigenvalue weighted by molar-refractivity contribution is 0.0370. The van der Waals surface area contributed by atoms with Crippen molar-refractivity contribution in [2.75, 3.05) is 39.5 Å². The maximum atomic E-state index is 12.2. The highest BCUT2D eigenvalue weighted by atomic mass is 16.5. The molecule has 1 saturated heterocycles. The number of ether oxygens (including phenoxy) is 2. The summed E-state index contributed by atoms with van der Waals surface area (Å²) in [5, 5.41) is 9.22. The predicted octanol–water partition coefficient (Wildman–Crippen LogP) is 1.69. The summed E-state index contributed by atoms with van der Waals surface area (Å²) in [6.45, 7) is 5.88. The average molecular weight is 307 g/mol. The van der Waals surface area contributed by atoms with Gasteiger partial charge in [-0.2, -0.15) is 0 Å². The van der Waals surface area contributed by atoms with Gasteiger partial charge in [0.05, 0.1) is 19.8 Å². The molecule has 120 valence electrons. The molecule has 0 bridgehead atoms. The molecule has 0 saturated carbocycles. The van der Waals surface area contributed by atoms with E-state index in [1.165, 1.54) is 6.07 Å². The van der Waals surface area contributed by atoms with Gasteiger partial charge in [0.2, 0.25) is 0 Å². The summed E-state index contributed by atoms with van der Waals surface area (Å²) in [5.74, 6) is -0.858. The summed E-state index contributed by atoms with van der Waals surface area (Å²) >= 11 is 0. The van der Waals surface area contributed by atoms with Gasteiger partial charge in [0.25, 0.3) is 0 Å². The summed E-state index contributed by atoms with van der Waals surface area (Å²) < 4.78 is 10.5. The lowest BCUT2D eigenvalue weighted by Crippen LogP contribution is -2.37. The number of carboxylic acids is 1. The van der Waals surface area contributed by atoms with Gasteiger partial charge in [0, 0.05) is 31.6 Å². The van der Waals surface area contributed by atoms with Crippen LogP contribution in [-0.4, -0.2) is 61.2 Å². The lowest BCUT2D eigenvalue weighted by atomic mass is 10.0. The molecule has 6 nitrogen and oxygen atoms in total. The van der Waals surface area contributed by atoms with Crippen LogP contribution < -0.4 is 4.74 Å². The lowest BCUT2D eigenvalue weighted by Gasteiger charge is -2.26. The zero-order valence-corrected chi connectivity index (χ0v) is 12.7. The van der Waals surface area contributed by atoms with Crippen molar-refractivity contribution in [2.24, 2.45) is 0 Å². The fourth-order valence-electron chi connectivity index (χ4n) is 2.38. The molecule has 22 heavy (non-hydrogen) atoms. The van der Waals surface area contributed by atoms with E-state index >= 15 is 0 Å². The molecule has 0 atom stereocenters. The molecule has 0 spiro atoms. The molecule has 0 aromatic heterocycles. The molecule has 0 amide bonds. The smallest absolute Gasteiger partial charge is 0.339 e. The third kappa shape index (κ3) is 4.29. The van der Waals surface area contributed by atoms with Crippen LogP contribution in [0.2, 0.25) is 0 Å². The number of morpholine rings is 1. The second-order valence-corrected chi connectivity index (χ2v) is 5.08. The van der Waals surface area contributed by atoms with Crippen LogP contribution in [0.3, 0.4) is 0 Å². The Bertz CT molecular complexity index is 537. The number of benzene rings is 1. The van der Waals surface area contributed by atoms with Crippen LogP contribution in [-0.2, 0) is 4.74 Å². The van der Waals surface area contributed by atoms with Crippen LogP contribution in [0.25, 0.3) is 0 Å². The molecule has 1 aliphatic rings. The Balaban J connectivity index is 2.02. The maximum Gasteiger partial charge on any atom is 0.339 e. The first-order valence-corrected chi connectivity index (χ1v) is 7.45. The third-order valence-corrected chi connectivity index (χ3v) is 3.59. The molecule has 1 fully saturated rings. The number of carbonyl (C=O) groups excluding carboxylic acids is 1. The molecular weight excluding hydrogens is 286 g/mol. The highest BCUT2D eigenvalue weighted by Crippen LogP contribution is 2.21. The molecular formula is C16H21NO5. The van der Waals surface area contributed by atoms with Gasteiger partial charge in [-0.1, -0.05) is 0 Å². The van der Waals surface area contributed by atoms with Gasteiger partial charge in [0.15, 0.2) is 5.78 Å². The Hall–Kier alpha value is -1.92. The van der Waals surface area contributed by atoms with Crippen molar-refractivity contribution in [3.05, 3.63) is 29.3 Å². The number of nitrogens with zero attached hydrogens (tertiary/aromatic N) is 1. The summed E-state index contributed by atoms with van der Waals surface area (Å²) in [6.07, 6.45) is 0.368. The maximum absolute atomic E-state index is 12.2. The Kier molecular flexibility index (Phi) is 5.91. The number of Topliss-reactive ketones (excluding diaryl/α,β-unsaturated/α-hetero) is 1. The van der Waals surface area contributed by atoms with E-state index in [2.05, 4.69) is 4.90 Å². The van der Waals surface area contributed by atoms with Crippen molar-refractivity contribution in [1.82, 2.24) is 4.90 Å². The number of hydrogen-bond donors (Lipinski definition) is 1. The monoisotopic (exact) mass is 307 g/mol. The minimum absolute atomic E-state index is 0.0269. The van der Waals surface area contributed by atoms with Crippen molar-refractivity contribution in [3.8, 4) is 5.75 Å². The first-order valence-electron chi connectivity index (χ1n) is 7.45. The van der Waals surface area contributed by atoms with Crippen molar-refractivity contribution in [3.63, 3.8) is 0 Å². The van der Waals surface area contributed by atoms with E-state index in [-0.39, 0.29) is 11.3 Å². The van der Waals surface area contributed by atoms with E-state index in [1.807, 2.05) is 0 Å². The molecule has 1 aliphatic heterocycles. The van der Waals surface area contributed by atoms with Crippen LogP contribution in [0.15, 0.2) is 18.2 Å². The van der Waals surface area contributed by atoms with E-state index < -0.39 is 5.97 Å². The van der Waals surface area contributed by atoms with Crippen LogP contribution in [0.5, 0.6) is 5.75 Å². The molecule has 6 heteroatoms. The van der Waals surface area contributed by atoms with Crippen molar-refractivity contribution >= 4 is 11.8 Å². The van der Waals surface area contributed by atoms with Gasteiger partial charge in [0.1, 0.15) is 11.3 Å². The van der Waals surface area contributed by atoms with Gasteiger partial charge in [-0.3, -0.25) is 9.69 Å². The SMILES string of the molecule is CCOc1ccc(C(=O)CCN2CCOCC2)cc1C(=O)O. The molecule has 0 radical (unpaired) electrons. The van der Waals surface area contributed by atoms with E-state index in [9.17, 15) is 14.7 Å². The topological polar surface area (TPSA) is 76.1 Å². The number of ketones is 1. The molecule has 0 unspecified atom stereocenters. The average Bonchev–Trinajstić information content (AvgIpc) is 2.54. The van der Waals surface area contributed by atoms with E-state index in [0.717, 1.165) is 13.1 Å². The number of aromatic carboxylic acids is 1. The van der Waals surface area contributed by atoms with E-state index in [0.29, 0.717) is 44.1 Å². The minimum Gasteiger partial charge on any atom is -0.493 e. The van der Waals surface area contributed by atoms with Gasteiger partial charge in [-0.05, 0) is 25.1 Å². The van der Waals surface area contributed by atoms with E-state index in [4.69, 9.17) is 9.47 Å². The summed E-state index contributed by atoms with van der Waals surface area (Å²) in [5.41, 5.74) is 0.438. The Morgan fingerprint density at radius 2 is 2.05 bits per heavy atom. The first-order chi connectivity index (χ1) is 10.6. The molecule has 1 heterocycles. The van der Waals surface area contributed by atoms with Gasteiger partial charge >= 0.3 is 5.97 Å². The quantitative estimate of drug-likeness (QED) is 0.773. The Labute approximate surface area is 129 Å². The Morgan fingerprint density at radius 3 is 2.68 bits per heavy atom. The molecule has 1 aromatic rings. The van der Waals surface area contributed by atoms with Crippen LogP contribution in [0, 0.1) is 0 Å². The Morgan fingerprint density at radius 1 is 1.32 bits per heavy atom. The van der Waals surface area contributed by atoms with Gasteiger partial charge in [-0.25, -0.2) is 4.79 Å². The molecule has 0 aliphatic carbocycles. The minimum atomic E-state index is -1.09. The highest BCUT2D eigenvalue weighted by Gasteiger charge is 2.17. The second kappa shape index (κ2) is 7.91. The normalized spacial score (nSPS) is 15.5. The number of carbonyl (C=O) groups is 2. The number of rotatable bonds is 7. The standard InChI is InChI=1S/C16H21NO5/c1-2-22-15-4-3-12(11-13(15)16(19)20)14(18)5-6-17-7-9-21-10-8-17/h3-4,11H,2,5-10H2,1H3,(H,19,20). The fraction of sp³-hybridized carbons (Fsp3) is 0.500. The largest absolute Gasteiger partial charge is 0.493 e. The van der Waals surface area contributed by atoms with Crippen LogP contribution >= 0.6 is 0 Å². The molecule has 1 aromatic carbocycles. The van der Waals surface area contributed by atoms with Crippen LogP contribution in [0.1, 0.15) is 34.1 Å². The fourth-order valence-corrected chi connectivity index (χ4v) is 2.38. The summed E-state index contributed by atoms with van der Waals surface area (Å²) in [4.78, 5) is 25.7. The van der Waals surface area contributed by atoms with Crippen molar-refractivity contribution < 1.29 is 24.2 Å². The zero-order valence-electron chi connectivity index (χ0n) is 12.7. The van der Waals surface area contributed by atoms with Crippen molar-refractivity contribution in [1.29, 1.82) is 0 Å². The second-order valence-electron chi connectivity index (χ2n) is 5.08. The van der Waals surface area contributed by atoms with Gasteiger partial charge < -0.3 is 14.6 Å². The van der Waals surface area contributed by atoms with Crippen LogP contribution in [0.4, 0.5) is 0 Å². The zero-order chi connectivity index (χ0) is 15.9. The summed E-state index contributed by atoms with van der Waals surface area (Å²) in [6, 6.07) is 4.57. The molecule has 2 rings (SSSR count). The highest BCUT2D eigenvalue weighted by molar-refractivity contribution is 6.00. The first kappa shape index (κ1) is 16.5. The van der Waals surface area contributed by atoms with Gasteiger partial charge in [-0.15, -0.1) is 0 Å². The summed E-state index contributed by atoms with van der Waals surface area (Å²) in [7, 11) is 0. The van der Waals surface area contributed by atoms with Crippen molar-refractivity contribution in [2.45, 2.75) is 13.3 Å². The third-order valence-electron chi connectivity index (χ3n) is 3.59. The number of hydrogen-bond acceptors (Lipinski definition) is 5. The van der Waals surface area contributed by atoms with E-state index in [1.54, 1.807) is 19.1 Å². The number of carboxylic acid groups (broad SMARTS) is 1. The predicted molar refractivity (Wildman–Crippen MR) is 80.8 cm³/mol. The molecule has 1 N–H and O–H groups in total.